The molecule has 0 saturated carbocycles. The molecule has 234 valence electrons. The first kappa shape index (κ1) is 28.6. The summed E-state index contributed by atoms with van der Waals surface area (Å²) in [5.74, 6) is 0.763. The lowest BCUT2D eigenvalue weighted by molar-refractivity contribution is 1.18. The van der Waals surface area contributed by atoms with E-state index >= 15 is 0 Å². The molecule has 0 unspecified atom stereocenters. The van der Waals surface area contributed by atoms with E-state index in [0.29, 0.717) is 0 Å². The normalized spacial score (nSPS) is 11.6. The van der Waals surface area contributed by atoms with E-state index in [2.05, 4.69) is 180 Å². The molecule has 0 aliphatic rings. The van der Waals surface area contributed by atoms with Gasteiger partial charge in [0.2, 0.25) is 0 Å². The molecule has 2 aromatic heterocycles. The fraction of sp³-hybridized carbons (Fsp3) is 0. The van der Waals surface area contributed by atoms with Crippen molar-refractivity contribution >= 4 is 54.9 Å². The van der Waals surface area contributed by atoms with Crippen molar-refractivity contribution in [1.29, 1.82) is 0 Å². The molecule has 8 aromatic carbocycles. The van der Waals surface area contributed by atoms with Crippen molar-refractivity contribution in [2.24, 2.45) is 0 Å². The van der Waals surface area contributed by atoms with Gasteiger partial charge in [-0.15, -0.1) is 0 Å². The molecule has 10 aromatic rings. The molecule has 0 radical (unpaired) electrons. The number of rotatable bonds is 5. The summed E-state index contributed by atoms with van der Waals surface area (Å²) >= 11 is 1.45. The molecule has 3 nitrogen and oxygen atoms in total. The first-order valence-electron chi connectivity index (χ1n) is 16.8. The fourth-order valence-corrected chi connectivity index (χ4v) is 8.04. The van der Waals surface area contributed by atoms with E-state index < -0.39 is 0 Å². The molecule has 0 spiro atoms. The van der Waals surface area contributed by atoms with Gasteiger partial charge in [-0.05, 0) is 91.7 Å². The van der Waals surface area contributed by atoms with Crippen LogP contribution < -0.4 is 0 Å². The minimum Gasteiger partial charge on any atom is -0.309 e. The van der Waals surface area contributed by atoms with Crippen LogP contribution in [0.25, 0.3) is 93.3 Å². The van der Waals surface area contributed by atoms with E-state index in [-0.39, 0.29) is 0 Å². The molecular weight excluding hydrogens is 627 g/mol. The quantitative estimate of drug-likeness (QED) is 0.173. The Balaban J connectivity index is 1.08. The maximum Gasteiger partial charge on any atom is 0.174 e. The molecule has 4 heteroatoms. The monoisotopic (exact) mass is 655 g/mol. The van der Waals surface area contributed by atoms with Crippen LogP contribution in [0.3, 0.4) is 0 Å². The molecule has 0 aliphatic carbocycles. The van der Waals surface area contributed by atoms with Gasteiger partial charge in [-0.1, -0.05) is 140 Å². The summed E-state index contributed by atoms with van der Waals surface area (Å²) in [6.45, 7) is 0. The summed E-state index contributed by atoms with van der Waals surface area (Å²) in [4.78, 5) is 5.06. The van der Waals surface area contributed by atoms with Crippen molar-refractivity contribution in [3.8, 4) is 49.9 Å². The SMILES string of the molecule is c1ccc(-c2ccc3c4ccc(-c5ccccc5)cc4n(-c4ccc(-c5nc(-c6cccc7c6ccc6ccccc67)ns5)cc4)c3c2)cc1. The van der Waals surface area contributed by atoms with Crippen LogP contribution in [0.2, 0.25) is 0 Å². The van der Waals surface area contributed by atoms with Gasteiger partial charge in [0.25, 0.3) is 0 Å². The van der Waals surface area contributed by atoms with Gasteiger partial charge in [0.1, 0.15) is 5.01 Å². The van der Waals surface area contributed by atoms with Crippen molar-refractivity contribution < 1.29 is 0 Å². The summed E-state index contributed by atoms with van der Waals surface area (Å²) in [5, 5.41) is 8.25. The van der Waals surface area contributed by atoms with Crippen molar-refractivity contribution in [3.05, 3.63) is 176 Å². The lowest BCUT2D eigenvalue weighted by Gasteiger charge is -2.11. The Morgan fingerprint density at radius 1 is 0.400 bits per heavy atom. The van der Waals surface area contributed by atoms with Crippen LogP contribution in [0.5, 0.6) is 0 Å². The lowest BCUT2D eigenvalue weighted by Crippen LogP contribution is -1.94. The van der Waals surface area contributed by atoms with Crippen molar-refractivity contribution in [1.82, 2.24) is 13.9 Å². The zero-order chi connectivity index (χ0) is 33.0. The molecule has 0 atom stereocenters. The fourth-order valence-electron chi connectivity index (χ4n) is 7.36. The highest BCUT2D eigenvalue weighted by atomic mass is 32.1. The van der Waals surface area contributed by atoms with Crippen molar-refractivity contribution in [2.45, 2.75) is 0 Å². The number of fused-ring (bicyclic) bond motifs is 6. The molecule has 2 heterocycles. The standard InChI is InChI=1S/C46H29N3S/c1-3-10-30(11-4-1)34-21-26-40-41-27-22-35(31-12-5-2-6-13-31)29-44(41)49(43(40)28-34)36-23-18-33(19-24-36)46-47-45(48-50-46)42-17-9-16-38-37-15-8-7-14-32(37)20-25-39(38)42/h1-29H. The van der Waals surface area contributed by atoms with Crippen LogP contribution in [0.15, 0.2) is 176 Å². The predicted molar refractivity (Wildman–Crippen MR) is 211 cm³/mol. The van der Waals surface area contributed by atoms with Crippen LogP contribution in [-0.2, 0) is 0 Å². The molecule has 0 fully saturated rings. The van der Waals surface area contributed by atoms with E-state index in [0.717, 1.165) is 27.6 Å². The summed E-state index contributed by atoms with van der Waals surface area (Å²) in [7, 11) is 0. The molecule has 50 heavy (non-hydrogen) atoms. The maximum absolute atomic E-state index is 5.06. The van der Waals surface area contributed by atoms with E-state index in [1.165, 1.54) is 77.1 Å². The Morgan fingerprint density at radius 2 is 0.980 bits per heavy atom. The van der Waals surface area contributed by atoms with Gasteiger partial charge in [0.15, 0.2) is 5.82 Å². The summed E-state index contributed by atoms with van der Waals surface area (Å²) in [6, 6.07) is 63.0. The summed E-state index contributed by atoms with van der Waals surface area (Å²) in [6.07, 6.45) is 0. The average molecular weight is 656 g/mol. The van der Waals surface area contributed by atoms with Gasteiger partial charge in [-0.3, -0.25) is 0 Å². The smallest absolute Gasteiger partial charge is 0.174 e. The Labute approximate surface area is 293 Å². The number of benzene rings is 8. The Bertz CT molecular complexity index is 2750. The molecule has 0 saturated heterocycles. The third-order valence-corrected chi connectivity index (χ3v) is 10.6. The maximum atomic E-state index is 5.06. The van der Waals surface area contributed by atoms with Gasteiger partial charge < -0.3 is 4.57 Å². The van der Waals surface area contributed by atoms with Crippen LogP contribution in [0, 0.1) is 0 Å². The Kier molecular flexibility index (Phi) is 6.68. The zero-order valence-electron chi connectivity index (χ0n) is 27.0. The molecule has 0 amide bonds. The minimum absolute atomic E-state index is 0.763. The van der Waals surface area contributed by atoms with Gasteiger partial charge in [0.05, 0.1) is 11.0 Å². The van der Waals surface area contributed by atoms with Crippen molar-refractivity contribution in [3.63, 3.8) is 0 Å². The zero-order valence-corrected chi connectivity index (χ0v) is 27.8. The number of nitrogens with zero attached hydrogens (tertiary/aromatic N) is 3. The number of aromatic nitrogens is 3. The van der Waals surface area contributed by atoms with Gasteiger partial charge >= 0.3 is 0 Å². The highest BCUT2D eigenvalue weighted by Crippen LogP contribution is 2.38. The Morgan fingerprint density at radius 3 is 1.66 bits per heavy atom. The highest BCUT2D eigenvalue weighted by Gasteiger charge is 2.17. The van der Waals surface area contributed by atoms with E-state index in [9.17, 15) is 0 Å². The first-order chi connectivity index (χ1) is 24.8. The summed E-state index contributed by atoms with van der Waals surface area (Å²) in [5.41, 5.74) is 10.4. The third kappa shape index (κ3) is 4.73. The second kappa shape index (κ2) is 11.7. The average Bonchev–Trinajstić information content (AvgIpc) is 3.81. The minimum atomic E-state index is 0.763. The molecule has 0 N–H and O–H groups in total. The Hall–Kier alpha value is -6.36. The predicted octanol–water partition coefficient (Wildman–Crippen LogP) is 12.6. The van der Waals surface area contributed by atoms with E-state index in [1.807, 2.05) is 0 Å². The molecule has 0 bridgehead atoms. The second-order valence-electron chi connectivity index (χ2n) is 12.7. The number of hydrogen-bond donors (Lipinski definition) is 0. The van der Waals surface area contributed by atoms with Crippen LogP contribution in [-0.4, -0.2) is 13.9 Å². The first-order valence-corrected chi connectivity index (χ1v) is 17.6. The molecule has 0 aliphatic heterocycles. The van der Waals surface area contributed by atoms with Gasteiger partial charge in [-0.2, -0.15) is 4.37 Å². The molecule has 10 rings (SSSR count). The highest BCUT2D eigenvalue weighted by molar-refractivity contribution is 7.09. The van der Waals surface area contributed by atoms with Gasteiger partial charge in [-0.25, -0.2) is 4.98 Å². The second-order valence-corrected chi connectivity index (χ2v) is 13.4. The molecular formula is C46H29N3S. The van der Waals surface area contributed by atoms with Crippen LogP contribution in [0.4, 0.5) is 0 Å². The third-order valence-electron chi connectivity index (χ3n) is 9.81. The summed E-state index contributed by atoms with van der Waals surface area (Å²) < 4.78 is 7.25. The van der Waals surface area contributed by atoms with Gasteiger partial charge in [0, 0.05) is 27.6 Å². The largest absolute Gasteiger partial charge is 0.309 e. The number of hydrogen-bond acceptors (Lipinski definition) is 3. The topological polar surface area (TPSA) is 30.7 Å². The van der Waals surface area contributed by atoms with Crippen LogP contribution in [0.1, 0.15) is 0 Å². The van der Waals surface area contributed by atoms with Crippen LogP contribution >= 0.6 is 11.5 Å². The van der Waals surface area contributed by atoms with E-state index in [4.69, 9.17) is 9.36 Å². The van der Waals surface area contributed by atoms with Crippen molar-refractivity contribution in [2.75, 3.05) is 0 Å². The van der Waals surface area contributed by atoms with E-state index in [1.54, 1.807) is 0 Å². The lowest BCUT2D eigenvalue weighted by atomic mass is 9.98.